The molecular formula is C16H23NO3. The molecule has 4 nitrogen and oxygen atoms in total. The van der Waals surface area contributed by atoms with Crippen LogP contribution in [0.25, 0.3) is 0 Å². The van der Waals surface area contributed by atoms with Crippen molar-refractivity contribution in [3.63, 3.8) is 0 Å². The van der Waals surface area contributed by atoms with Crippen LogP contribution in [0.15, 0.2) is 6.07 Å². The van der Waals surface area contributed by atoms with Gasteiger partial charge in [-0.05, 0) is 44.2 Å². The van der Waals surface area contributed by atoms with E-state index in [9.17, 15) is 5.11 Å². The molecule has 1 aliphatic carbocycles. The van der Waals surface area contributed by atoms with Crippen LogP contribution in [-0.2, 0) is 11.3 Å². The fourth-order valence-corrected chi connectivity index (χ4v) is 3.55. The van der Waals surface area contributed by atoms with Gasteiger partial charge in [0.25, 0.3) is 0 Å². The SMILES string of the molecule is CCc1c(O)cc2c(c1C)OC1(CCC1)CC2NOC. The van der Waals surface area contributed by atoms with Gasteiger partial charge in [0.15, 0.2) is 0 Å². The summed E-state index contributed by atoms with van der Waals surface area (Å²) >= 11 is 0. The molecule has 1 spiro atoms. The summed E-state index contributed by atoms with van der Waals surface area (Å²) in [5, 5.41) is 10.2. The van der Waals surface area contributed by atoms with E-state index in [-0.39, 0.29) is 11.6 Å². The second-order valence-electron chi connectivity index (χ2n) is 5.99. The number of fused-ring (bicyclic) bond motifs is 1. The minimum atomic E-state index is -0.0318. The Morgan fingerprint density at radius 1 is 1.50 bits per heavy atom. The second kappa shape index (κ2) is 4.93. The maximum Gasteiger partial charge on any atom is 0.128 e. The van der Waals surface area contributed by atoms with Crippen LogP contribution in [0.2, 0.25) is 0 Å². The van der Waals surface area contributed by atoms with Crippen molar-refractivity contribution in [2.24, 2.45) is 0 Å². The molecule has 1 aliphatic heterocycles. The first kappa shape index (κ1) is 13.7. The summed E-state index contributed by atoms with van der Waals surface area (Å²) in [6, 6.07) is 1.92. The Morgan fingerprint density at radius 2 is 2.25 bits per heavy atom. The first-order chi connectivity index (χ1) is 9.60. The molecular weight excluding hydrogens is 254 g/mol. The van der Waals surface area contributed by atoms with Crippen LogP contribution in [-0.4, -0.2) is 17.8 Å². The van der Waals surface area contributed by atoms with Crippen LogP contribution in [0.4, 0.5) is 0 Å². The zero-order valence-electron chi connectivity index (χ0n) is 12.5. The molecule has 0 amide bonds. The lowest BCUT2D eigenvalue weighted by atomic mass is 9.72. The highest BCUT2D eigenvalue weighted by molar-refractivity contribution is 5.55. The molecule has 0 bridgehead atoms. The molecule has 1 fully saturated rings. The van der Waals surface area contributed by atoms with Crippen molar-refractivity contribution < 1.29 is 14.7 Å². The average Bonchev–Trinajstić information content (AvgIpc) is 2.38. The molecule has 20 heavy (non-hydrogen) atoms. The van der Waals surface area contributed by atoms with Gasteiger partial charge in [0.1, 0.15) is 17.1 Å². The van der Waals surface area contributed by atoms with Gasteiger partial charge in [-0.2, -0.15) is 5.48 Å². The number of hydrogen-bond acceptors (Lipinski definition) is 4. The van der Waals surface area contributed by atoms with Crippen molar-refractivity contribution in [3.8, 4) is 11.5 Å². The topological polar surface area (TPSA) is 50.7 Å². The lowest BCUT2D eigenvalue weighted by molar-refractivity contribution is -0.0604. The molecule has 1 atom stereocenters. The third-order valence-corrected chi connectivity index (χ3v) is 4.81. The molecule has 3 rings (SSSR count). The summed E-state index contributed by atoms with van der Waals surface area (Å²) < 4.78 is 6.35. The van der Waals surface area contributed by atoms with Gasteiger partial charge in [-0.25, -0.2) is 0 Å². The van der Waals surface area contributed by atoms with Crippen molar-refractivity contribution in [3.05, 3.63) is 22.8 Å². The number of hydroxylamine groups is 1. The molecule has 0 radical (unpaired) electrons. The van der Waals surface area contributed by atoms with Crippen molar-refractivity contribution in [2.75, 3.05) is 7.11 Å². The van der Waals surface area contributed by atoms with E-state index in [4.69, 9.17) is 9.57 Å². The Morgan fingerprint density at radius 3 is 2.80 bits per heavy atom. The van der Waals surface area contributed by atoms with Crippen LogP contribution < -0.4 is 10.2 Å². The summed E-state index contributed by atoms with van der Waals surface area (Å²) in [5.74, 6) is 1.31. The molecule has 110 valence electrons. The maximum atomic E-state index is 10.2. The predicted molar refractivity (Wildman–Crippen MR) is 76.9 cm³/mol. The highest BCUT2D eigenvalue weighted by Gasteiger charge is 2.46. The predicted octanol–water partition coefficient (Wildman–Crippen LogP) is 3.16. The quantitative estimate of drug-likeness (QED) is 0.833. The number of hydrogen-bond donors (Lipinski definition) is 2. The van der Waals surface area contributed by atoms with E-state index in [0.29, 0.717) is 5.75 Å². The van der Waals surface area contributed by atoms with Gasteiger partial charge < -0.3 is 14.7 Å². The summed E-state index contributed by atoms with van der Waals surface area (Å²) in [6.07, 6.45) is 5.15. The van der Waals surface area contributed by atoms with Crippen LogP contribution in [0.5, 0.6) is 11.5 Å². The zero-order valence-corrected chi connectivity index (χ0v) is 12.5. The molecule has 0 aromatic heterocycles. The van der Waals surface area contributed by atoms with Gasteiger partial charge in [0.2, 0.25) is 0 Å². The molecule has 2 aliphatic rings. The van der Waals surface area contributed by atoms with Crippen LogP contribution in [0.3, 0.4) is 0 Å². The number of phenolic OH excluding ortho intramolecular Hbond substituents is 1. The van der Waals surface area contributed by atoms with Gasteiger partial charge in [-0.15, -0.1) is 0 Å². The highest BCUT2D eigenvalue weighted by Crippen LogP contribution is 2.51. The van der Waals surface area contributed by atoms with E-state index in [1.807, 2.05) is 13.0 Å². The van der Waals surface area contributed by atoms with E-state index < -0.39 is 0 Å². The monoisotopic (exact) mass is 277 g/mol. The zero-order chi connectivity index (χ0) is 14.3. The summed E-state index contributed by atoms with van der Waals surface area (Å²) in [4.78, 5) is 5.15. The third kappa shape index (κ3) is 1.98. The highest BCUT2D eigenvalue weighted by atomic mass is 16.6. The molecule has 1 aromatic rings. The van der Waals surface area contributed by atoms with E-state index >= 15 is 0 Å². The van der Waals surface area contributed by atoms with E-state index in [1.54, 1.807) is 7.11 Å². The van der Waals surface area contributed by atoms with E-state index in [1.165, 1.54) is 6.42 Å². The molecule has 2 N–H and O–H groups in total. The lowest BCUT2D eigenvalue weighted by Gasteiger charge is -2.48. The Bertz CT molecular complexity index is 523. The van der Waals surface area contributed by atoms with Crippen LogP contribution in [0, 0.1) is 6.92 Å². The molecule has 0 saturated heterocycles. The van der Waals surface area contributed by atoms with Crippen LogP contribution in [0.1, 0.15) is 55.3 Å². The molecule has 1 unspecified atom stereocenters. The van der Waals surface area contributed by atoms with Gasteiger partial charge in [0.05, 0.1) is 13.2 Å². The summed E-state index contributed by atoms with van der Waals surface area (Å²) in [7, 11) is 1.63. The molecule has 1 heterocycles. The number of benzene rings is 1. The third-order valence-electron chi connectivity index (χ3n) is 4.81. The smallest absolute Gasteiger partial charge is 0.128 e. The Kier molecular flexibility index (Phi) is 3.38. The number of nitrogens with one attached hydrogen (secondary N) is 1. The Hall–Kier alpha value is -1.26. The first-order valence-corrected chi connectivity index (χ1v) is 7.43. The van der Waals surface area contributed by atoms with Gasteiger partial charge in [0, 0.05) is 17.5 Å². The number of phenols is 1. The van der Waals surface area contributed by atoms with Gasteiger partial charge in [-0.3, -0.25) is 0 Å². The number of aromatic hydroxyl groups is 1. The van der Waals surface area contributed by atoms with Crippen molar-refractivity contribution in [1.29, 1.82) is 0 Å². The standard InChI is InChI=1S/C16H23NO3/c1-4-11-10(2)15-12(8-14(11)18)13(17-19-3)9-16(20-15)6-5-7-16/h8,13,17-18H,4-7,9H2,1-3H3. The van der Waals surface area contributed by atoms with Crippen molar-refractivity contribution in [2.45, 2.75) is 57.6 Å². The van der Waals surface area contributed by atoms with Crippen molar-refractivity contribution in [1.82, 2.24) is 5.48 Å². The normalized spacial score (nSPS) is 23.1. The summed E-state index contributed by atoms with van der Waals surface area (Å²) in [5.41, 5.74) is 6.09. The Balaban J connectivity index is 2.08. The van der Waals surface area contributed by atoms with Crippen molar-refractivity contribution >= 4 is 0 Å². The minimum absolute atomic E-state index is 0.0318. The van der Waals surface area contributed by atoms with Gasteiger partial charge in [-0.1, -0.05) is 6.92 Å². The molecule has 1 saturated carbocycles. The number of rotatable bonds is 3. The second-order valence-corrected chi connectivity index (χ2v) is 5.99. The largest absolute Gasteiger partial charge is 0.508 e. The maximum absolute atomic E-state index is 10.2. The fraction of sp³-hybridized carbons (Fsp3) is 0.625. The lowest BCUT2D eigenvalue weighted by Crippen LogP contribution is -2.49. The summed E-state index contributed by atoms with van der Waals surface area (Å²) in [6.45, 7) is 4.10. The van der Waals surface area contributed by atoms with E-state index in [0.717, 1.165) is 48.1 Å². The van der Waals surface area contributed by atoms with E-state index in [2.05, 4.69) is 12.4 Å². The van der Waals surface area contributed by atoms with Gasteiger partial charge >= 0.3 is 0 Å². The molecule has 1 aromatic carbocycles. The molecule has 4 heteroatoms. The fourth-order valence-electron chi connectivity index (χ4n) is 3.55. The van der Waals surface area contributed by atoms with Crippen LogP contribution >= 0.6 is 0 Å². The average molecular weight is 277 g/mol. The first-order valence-electron chi connectivity index (χ1n) is 7.43. The Labute approximate surface area is 120 Å². The number of ether oxygens (including phenoxy) is 1. The minimum Gasteiger partial charge on any atom is -0.508 e.